The van der Waals surface area contributed by atoms with Gasteiger partial charge in [-0.05, 0) is 65.3 Å². The third-order valence-electron chi connectivity index (χ3n) is 5.88. The molecule has 0 saturated heterocycles. The van der Waals surface area contributed by atoms with Gasteiger partial charge in [-0.25, -0.2) is 0 Å². The molecule has 0 amide bonds. The first kappa shape index (κ1) is 20.4. The number of nitrogens with zero attached hydrogens (tertiary/aromatic N) is 1. The van der Waals surface area contributed by atoms with Gasteiger partial charge >= 0.3 is 0 Å². The van der Waals surface area contributed by atoms with Crippen molar-refractivity contribution in [3.05, 3.63) is 95.3 Å². The van der Waals surface area contributed by atoms with E-state index in [-0.39, 0.29) is 6.79 Å². The minimum Gasteiger partial charge on any atom is -0.489 e. The molecule has 0 N–H and O–H groups in total. The molecule has 5 rings (SSSR count). The maximum absolute atomic E-state index is 6.09. The first-order valence-electron chi connectivity index (χ1n) is 11.3. The molecule has 32 heavy (non-hydrogen) atoms. The van der Waals surface area contributed by atoms with E-state index in [1.807, 2.05) is 36.5 Å². The lowest BCUT2D eigenvalue weighted by Crippen LogP contribution is -1.97. The molecule has 1 aliphatic rings. The van der Waals surface area contributed by atoms with Gasteiger partial charge in [0.2, 0.25) is 6.79 Å². The number of aromatic nitrogens is 1. The molecule has 4 aromatic rings. The number of aryl methyl sites for hydroxylation is 1. The fourth-order valence-electron chi connectivity index (χ4n) is 4.03. The zero-order chi connectivity index (χ0) is 21.8. The van der Waals surface area contributed by atoms with Crippen LogP contribution in [-0.4, -0.2) is 11.8 Å². The lowest BCUT2D eigenvalue weighted by atomic mass is 10.0. The molecule has 0 unspecified atom stereocenters. The Morgan fingerprint density at radius 3 is 2.53 bits per heavy atom. The van der Waals surface area contributed by atoms with Crippen molar-refractivity contribution in [3.8, 4) is 17.2 Å². The third-order valence-corrected chi connectivity index (χ3v) is 5.88. The highest BCUT2D eigenvalue weighted by atomic mass is 16.7. The van der Waals surface area contributed by atoms with E-state index in [0.717, 1.165) is 46.7 Å². The number of hydrogen-bond acceptors (Lipinski definition) is 4. The molecule has 4 heteroatoms. The van der Waals surface area contributed by atoms with E-state index in [2.05, 4.69) is 48.3 Å². The monoisotopic (exact) mass is 425 g/mol. The van der Waals surface area contributed by atoms with Crippen LogP contribution in [0.15, 0.2) is 72.9 Å². The summed E-state index contributed by atoms with van der Waals surface area (Å²) in [5.41, 5.74) is 4.79. The molecule has 0 aliphatic carbocycles. The summed E-state index contributed by atoms with van der Waals surface area (Å²) in [7, 11) is 0. The van der Waals surface area contributed by atoms with Crippen LogP contribution >= 0.6 is 0 Å². The molecule has 3 aromatic carbocycles. The van der Waals surface area contributed by atoms with Crippen LogP contribution in [0.4, 0.5) is 0 Å². The Kier molecular flexibility index (Phi) is 5.93. The summed E-state index contributed by atoms with van der Waals surface area (Å²) in [6.45, 7) is 2.98. The number of unbranched alkanes of at least 4 members (excludes halogenated alkanes) is 1. The molecule has 0 fully saturated rings. The molecule has 4 nitrogen and oxygen atoms in total. The summed E-state index contributed by atoms with van der Waals surface area (Å²) in [5, 5.41) is 2.30. The molecule has 0 saturated carbocycles. The zero-order valence-electron chi connectivity index (χ0n) is 18.3. The van der Waals surface area contributed by atoms with Crippen LogP contribution in [0.3, 0.4) is 0 Å². The molecular formula is C28H27NO3. The minimum absolute atomic E-state index is 0.279. The standard InChI is InChI=1S/C28H27NO3/c1-2-3-4-20-5-7-21(8-6-20)15-26-25-17-24(11-10-23(25)13-14-29-26)30-18-22-9-12-27-28(16-22)32-19-31-27/h5-14,16-17H,2-4,15,18-19H2,1H3. The summed E-state index contributed by atoms with van der Waals surface area (Å²) < 4.78 is 16.9. The topological polar surface area (TPSA) is 40.6 Å². The van der Waals surface area contributed by atoms with Crippen LogP contribution in [-0.2, 0) is 19.4 Å². The van der Waals surface area contributed by atoms with E-state index in [9.17, 15) is 0 Å². The van der Waals surface area contributed by atoms with E-state index in [1.165, 1.54) is 29.4 Å². The zero-order valence-corrected chi connectivity index (χ0v) is 18.3. The van der Waals surface area contributed by atoms with E-state index in [1.54, 1.807) is 0 Å². The van der Waals surface area contributed by atoms with Gasteiger partial charge in [0, 0.05) is 18.0 Å². The third kappa shape index (κ3) is 4.54. The Labute approximate surface area is 188 Å². The Morgan fingerprint density at radius 1 is 0.844 bits per heavy atom. The number of rotatable bonds is 8. The molecule has 0 bridgehead atoms. The first-order valence-corrected chi connectivity index (χ1v) is 11.3. The van der Waals surface area contributed by atoms with Crippen molar-refractivity contribution in [2.24, 2.45) is 0 Å². The second-order valence-corrected chi connectivity index (χ2v) is 8.21. The van der Waals surface area contributed by atoms with Crippen LogP contribution in [0, 0.1) is 0 Å². The number of fused-ring (bicyclic) bond motifs is 2. The van der Waals surface area contributed by atoms with Crippen molar-refractivity contribution in [2.75, 3.05) is 6.79 Å². The van der Waals surface area contributed by atoms with Crippen molar-refractivity contribution >= 4 is 10.8 Å². The van der Waals surface area contributed by atoms with Crippen molar-refractivity contribution in [1.82, 2.24) is 4.98 Å². The van der Waals surface area contributed by atoms with Crippen molar-refractivity contribution < 1.29 is 14.2 Å². The SMILES string of the molecule is CCCCc1ccc(Cc2nccc3ccc(OCc4ccc5c(c4)OCO5)cc23)cc1. The minimum atomic E-state index is 0.279. The summed E-state index contributed by atoms with van der Waals surface area (Å²) >= 11 is 0. The highest BCUT2D eigenvalue weighted by Gasteiger charge is 2.13. The number of ether oxygens (including phenoxy) is 3. The quantitative estimate of drug-likeness (QED) is 0.324. The predicted molar refractivity (Wildman–Crippen MR) is 127 cm³/mol. The van der Waals surface area contributed by atoms with Gasteiger partial charge in [-0.2, -0.15) is 0 Å². The van der Waals surface area contributed by atoms with E-state index >= 15 is 0 Å². The first-order chi connectivity index (χ1) is 15.8. The molecule has 2 heterocycles. The summed E-state index contributed by atoms with van der Waals surface area (Å²) in [6.07, 6.45) is 6.30. The Hall–Kier alpha value is -3.53. The van der Waals surface area contributed by atoms with Crippen molar-refractivity contribution in [2.45, 2.75) is 39.2 Å². The van der Waals surface area contributed by atoms with Crippen LogP contribution < -0.4 is 14.2 Å². The van der Waals surface area contributed by atoms with Crippen LogP contribution in [0.1, 0.15) is 42.1 Å². The Bertz CT molecular complexity index is 1220. The van der Waals surface area contributed by atoms with Crippen LogP contribution in [0.2, 0.25) is 0 Å². The van der Waals surface area contributed by atoms with Gasteiger partial charge in [-0.1, -0.05) is 49.7 Å². The maximum Gasteiger partial charge on any atom is 0.231 e. The predicted octanol–water partition coefficient (Wildman–Crippen LogP) is 6.48. The molecule has 162 valence electrons. The second kappa shape index (κ2) is 9.31. The number of benzene rings is 3. The lowest BCUT2D eigenvalue weighted by molar-refractivity contribution is 0.174. The van der Waals surface area contributed by atoms with Gasteiger partial charge in [-0.15, -0.1) is 0 Å². The van der Waals surface area contributed by atoms with Gasteiger partial charge in [0.05, 0.1) is 5.69 Å². The second-order valence-electron chi connectivity index (χ2n) is 8.21. The van der Waals surface area contributed by atoms with E-state index < -0.39 is 0 Å². The fraction of sp³-hybridized carbons (Fsp3) is 0.250. The Morgan fingerprint density at radius 2 is 1.66 bits per heavy atom. The molecule has 0 atom stereocenters. The average molecular weight is 426 g/mol. The van der Waals surface area contributed by atoms with Gasteiger partial charge in [-0.3, -0.25) is 4.98 Å². The molecule has 1 aliphatic heterocycles. The van der Waals surface area contributed by atoms with Crippen LogP contribution in [0.25, 0.3) is 10.8 Å². The normalized spacial score (nSPS) is 12.3. The van der Waals surface area contributed by atoms with Crippen molar-refractivity contribution in [3.63, 3.8) is 0 Å². The van der Waals surface area contributed by atoms with Gasteiger partial charge in [0.15, 0.2) is 11.5 Å². The lowest BCUT2D eigenvalue weighted by Gasteiger charge is -2.11. The van der Waals surface area contributed by atoms with Crippen LogP contribution in [0.5, 0.6) is 17.2 Å². The fourth-order valence-corrected chi connectivity index (χ4v) is 4.03. The van der Waals surface area contributed by atoms with E-state index in [4.69, 9.17) is 14.2 Å². The highest BCUT2D eigenvalue weighted by Crippen LogP contribution is 2.33. The van der Waals surface area contributed by atoms with Gasteiger partial charge in [0.25, 0.3) is 0 Å². The van der Waals surface area contributed by atoms with Crippen molar-refractivity contribution in [1.29, 1.82) is 0 Å². The van der Waals surface area contributed by atoms with E-state index in [0.29, 0.717) is 6.61 Å². The smallest absolute Gasteiger partial charge is 0.231 e. The average Bonchev–Trinajstić information content (AvgIpc) is 3.30. The largest absolute Gasteiger partial charge is 0.489 e. The Balaban J connectivity index is 1.32. The van der Waals surface area contributed by atoms with Gasteiger partial charge in [0.1, 0.15) is 12.4 Å². The number of hydrogen-bond donors (Lipinski definition) is 0. The molecular weight excluding hydrogens is 398 g/mol. The summed E-state index contributed by atoms with van der Waals surface area (Å²) in [6, 6.07) is 23.1. The highest BCUT2D eigenvalue weighted by molar-refractivity contribution is 5.86. The summed E-state index contributed by atoms with van der Waals surface area (Å²) in [5.74, 6) is 2.39. The summed E-state index contributed by atoms with van der Waals surface area (Å²) in [4.78, 5) is 4.69. The maximum atomic E-state index is 6.09. The molecule has 0 spiro atoms. The van der Waals surface area contributed by atoms with Gasteiger partial charge < -0.3 is 14.2 Å². The molecule has 1 aromatic heterocycles. The molecule has 0 radical (unpaired) electrons. The number of pyridine rings is 1.